The predicted molar refractivity (Wildman–Crippen MR) is 64.9 cm³/mol. The Kier molecular flexibility index (Phi) is 6.02. The third kappa shape index (κ3) is 4.93. The maximum Gasteiger partial charge on any atom is 0.0270 e. The Balaban J connectivity index is 2.20. The molecule has 0 aliphatic rings. The molecule has 1 atom stereocenters. The molecule has 0 saturated carbocycles. The number of nitrogens with one attached hydrogen (secondary N) is 1. The van der Waals surface area contributed by atoms with Crippen molar-refractivity contribution in [1.29, 1.82) is 0 Å². The Morgan fingerprint density at radius 1 is 1.27 bits per heavy atom. The van der Waals surface area contributed by atoms with Crippen LogP contribution >= 0.6 is 0 Å². The molecule has 2 nitrogen and oxygen atoms in total. The van der Waals surface area contributed by atoms with Crippen LogP contribution in [0.1, 0.15) is 38.2 Å². The van der Waals surface area contributed by atoms with Gasteiger partial charge in [0, 0.05) is 18.4 Å². The number of hydrogen-bond acceptors (Lipinski definition) is 2. The summed E-state index contributed by atoms with van der Waals surface area (Å²) in [6, 6.07) is 4.90. The summed E-state index contributed by atoms with van der Waals surface area (Å²) in [6.45, 7) is 2.24. The number of hydrogen-bond donors (Lipinski definition) is 1. The Morgan fingerprint density at radius 2 is 2.00 bits per heavy atom. The van der Waals surface area contributed by atoms with E-state index in [1.165, 1.54) is 37.7 Å². The molecule has 0 bridgehead atoms. The first-order chi connectivity index (χ1) is 7.36. The van der Waals surface area contributed by atoms with E-state index >= 15 is 0 Å². The molecular weight excluding hydrogens is 184 g/mol. The largest absolute Gasteiger partial charge is 0.317 e. The van der Waals surface area contributed by atoms with Gasteiger partial charge in [-0.1, -0.05) is 13.3 Å². The standard InChI is InChI=1S/C13H22N2/c1-3-5-13(14-2)7-4-6-12-8-10-15-11-9-12/h8-11,13-14H,3-7H2,1-2H3. The molecule has 1 N–H and O–H groups in total. The summed E-state index contributed by atoms with van der Waals surface area (Å²) in [4.78, 5) is 4.02. The number of rotatable bonds is 7. The summed E-state index contributed by atoms with van der Waals surface area (Å²) in [5, 5.41) is 3.38. The quantitative estimate of drug-likeness (QED) is 0.742. The van der Waals surface area contributed by atoms with E-state index in [1.807, 2.05) is 12.4 Å². The molecule has 0 fully saturated rings. The van der Waals surface area contributed by atoms with Crippen molar-refractivity contribution < 1.29 is 0 Å². The highest BCUT2D eigenvalue weighted by Crippen LogP contribution is 2.08. The Hall–Kier alpha value is -0.890. The summed E-state index contributed by atoms with van der Waals surface area (Å²) in [5.74, 6) is 0. The second-order valence-electron chi connectivity index (χ2n) is 4.02. The van der Waals surface area contributed by atoms with Crippen LogP contribution < -0.4 is 5.32 Å². The summed E-state index contributed by atoms with van der Waals surface area (Å²) in [7, 11) is 2.06. The Labute approximate surface area is 93.1 Å². The van der Waals surface area contributed by atoms with E-state index in [0.717, 1.165) is 0 Å². The van der Waals surface area contributed by atoms with E-state index in [2.05, 4.69) is 36.4 Å². The molecular formula is C13H22N2. The summed E-state index contributed by atoms with van der Waals surface area (Å²) >= 11 is 0. The molecule has 0 saturated heterocycles. The lowest BCUT2D eigenvalue weighted by Gasteiger charge is -2.14. The van der Waals surface area contributed by atoms with E-state index in [4.69, 9.17) is 0 Å². The fourth-order valence-electron chi connectivity index (χ4n) is 1.88. The predicted octanol–water partition coefficient (Wildman–Crippen LogP) is 2.79. The lowest BCUT2D eigenvalue weighted by molar-refractivity contribution is 0.469. The minimum absolute atomic E-state index is 0.692. The maximum atomic E-state index is 4.02. The minimum Gasteiger partial charge on any atom is -0.317 e. The van der Waals surface area contributed by atoms with Crippen LogP contribution in [0.2, 0.25) is 0 Å². The Bertz CT molecular complexity index is 246. The van der Waals surface area contributed by atoms with E-state index in [-0.39, 0.29) is 0 Å². The van der Waals surface area contributed by atoms with Gasteiger partial charge in [-0.25, -0.2) is 0 Å². The molecule has 0 radical (unpaired) electrons. The lowest BCUT2D eigenvalue weighted by Crippen LogP contribution is -2.24. The van der Waals surface area contributed by atoms with Crippen LogP contribution in [0.3, 0.4) is 0 Å². The minimum atomic E-state index is 0.692. The molecule has 1 rings (SSSR count). The van der Waals surface area contributed by atoms with Crippen LogP contribution in [0.5, 0.6) is 0 Å². The van der Waals surface area contributed by atoms with Crippen LogP contribution in [0, 0.1) is 0 Å². The first-order valence-electron chi connectivity index (χ1n) is 5.93. The second-order valence-corrected chi connectivity index (χ2v) is 4.02. The lowest BCUT2D eigenvalue weighted by atomic mass is 10.0. The summed E-state index contributed by atoms with van der Waals surface area (Å²) in [5.41, 5.74) is 1.40. The van der Waals surface area contributed by atoms with E-state index < -0.39 is 0 Å². The first-order valence-corrected chi connectivity index (χ1v) is 5.93. The van der Waals surface area contributed by atoms with E-state index in [0.29, 0.717) is 6.04 Å². The van der Waals surface area contributed by atoms with Crippen molar-refractivity contribution in [2.24, 2.45) is 0 Å². The fourth-order valence-corrected chi connectivity index (χ4v) is 1.88. The van der Waals surface area contributed by atoms with Gasteiger partial charge in [0.2, 0.25) is 0 Å². The molecule has 1 heterocycles. The van der Waals surface area contributed by atoms with Crippen LogP contribution in [0.4, 0.5) is 0 Å². The summed E-state index contributed by atoms with van der Waals surface area (Å²) < 4.78 is 0. The third-order valence-electron chi connectivity index (χ3n) is 2.81. The van der Waals surface area contributed by atoms with Gasteiger partial charge >= 0.3 is 0 Å². The van der Waals surface area contributed by atoms with E-state index in [1.54, 1.807) is 0 Å². The van der Waals surface area contributed by atoms with Gasteiger partial charge in [0.1, 0.15) is 0 Å². The highest BCUT2D eigenvalue weighted by atomic mass is 14.9. The molecule has 0 amide bonds. The number of aryl methyl sites for hydroxylation is 1. The molecule has 2 heteroatoms. The zero-order chi connectivity index (χ0) is 10.9. The van der Waals surface area contributed by atoms with Crippen LogP contribution in [0.15, 0.2) is 24.5 Å². The van der Waals surface area contributed by atoms with Crippen LogP contribution in [0.25, 0.3) is 0 Å². The van der Waals surface area contributed by atoms with Crippen LogP contribution in [-0.4, -0.2) is 18.1 Å². The average Bonchev–Trinajstić information content (AvgIpc) is 2.29. The molecule has 0 aromatic carbocycles. The third-order valence-corrected chi connectivity index (χ3v) is 2.81. The van der Waals surface area contributed by atoms with Crippen LogP contribution in [-0.2, 0) is 6.42 Å². The normalized spacial score (nSPS) is 12.7. The van der Waals surface area contributed by atoms with Crippen molar-refractivity contribution in [2.75, 3.05) is 7.05 Å². The van der Waals surface area contributed by atoms with Crippen molar-refractivity contribution in [2.45, 2.75) is 45.1 Å². The topological polar surface area (TPSA) is 24.9 Å². The Morgan fingerprint density at radius 3 is 2.60 bits per heavy atom. The highest BCUT2D eigenvalue weighted by Gasteiger charge is 2.03. The van der Waals surface area contributed by atoms with Crippen molar-refractivity contribution in [3.05, 3.63) is 30.1 Å². The monoisotopic (exact) mass is 206 g/mol. The summed E-state index contributed by atoms with van der Waals surface area (Å²) in [6.07, 6.45) is 9.99. The molecule has 0 aliphatic carbocycles. The molecule has 0 spiro atoms. The van der Waals surface area contributed by atoms with Crippen molar-refractivity contribution in [3.8, 4) is 0 Å². The van der Waals surface area contributed by atoms with Gasteiger partial charge in [-0.15, -0.1) is 0 Å². The maximum absolute atomic E-state index is 4.02. The van der Waals surface area contributed by atoms with Gasteiger partial charge in [-0.3, -0.25) is 4.98 Å². The SMILES string of the molecule is CCCC(CCCc1ccncc1)NC. The first kappa shape index (κ1) is 12.2. The molecule has 84 valence electrons. The van der Waals surface area contributed by atoms with Gasteiger partial charge < -0.3 is 5.32 Å². The van der Waals surface area contributed by atoms with Gasteiger partial charge in [0.25, 0.3) is 0 Å². The molecule has 0 aliphatic heterocycles. The van der Waals surface area contributed by atoms with E-state index in [9.17, 15) is 0 Å². The fraction of sp³-hybridized carbons (Fsp3) is 0.615. The van der Waals surface area contributed by atoms with Gasteiger partial charge in [-0.05, 0) is 50.4 Å². The molecule has 15 heavy (non-hydrogen) atoms. The van der Waals surface area contributed by atoms with Gasteiger partial charge in [-0.2, -0.15) is 0 Å². The average molecular weight is 206 g/mol. The molecule has 1 aromatic heterocycles. The zero-order valence-corrected chi connectivity index (χ0v) is 9.87. The van der Waals surface area contributed by atoms with Crippen molar-refractivity contribution in [1.82, 2.24) is 10.3 Å². The van der Waals surface area contributed by atoms with Crippen molar-refractivity contribution >= 4 is 0 Å². The highest BCUT2D eigenvalue weighted by molar-refractivity contribution is 5.09. The number of nitrogens with zero attached hydrogens (tertiary/aromatic N) is 1. The molecule has 1 aromatic rings. The van der Waals surface area contributed by atoms with Gasteiger partial charge in [0.05, 0.1) is 0 Å². The molecule has 1 unspecified atom stereocenters. The smallest absolute Gasteiger partial charge is 0.0270 e. The van der Waals surface area contributed by atoms with Gasteiger partial charge in [0.15, 0.2) is 0 Å². The van der Waals surface area contributed by atoms with Crippen molar-refractivity contribution in [3.63, 3.8) is 0 Å². The number of aromatic nitrogens is 1. The number of pyridine rings is 1. The zero-order valence-electron chi connectivity index (χ0n) is 9.87. The second kappa shape index (κ2) is 7.41.